The molecule has 3 rings (SSSR count). The average molecular weight is 324 g/mol. The van der Waals surface area contributed by atoms with Crippen molar-refractivity contribution in [3.8, 4) is 0 Å². The number of aryl methyl sites for hydroxylation is 1. The number of para-hydroxylation sites is 2. The molecule has 0 atom stereocenters. The van der Waals surface area contributed by atoms with Gasteiger partial charge in [0.15, 0.2) is 0 Å². The molecule has 3 aromatic rings. The fourth-order valence-corrected chi connectivity index (χ4v) is 3.32. The number of aromatic nitrogens is 2. The molecule has 0 aliphatic rings. The molecule has 23 heavy (non-hydrogen) atoms. The Labute approximate surface area is 139 Å². The second-order valence-corrected chi connectivity index (χ2v) is 6.00. The first-order valence-electron chi connectivity index (χ1n) is 7.82. The van der Waals surface area contributed by atoms with Crippen LogP contribution in [0.5, 0.6) is 0 Å². The molecule has 2 aromatic carbocycles. The number of benzene rings is 2. The second-order valence-electron chi connectivity index (χ2n) is 5.01. The predicted octanol–water partition coefficient (Wildman–Crippen LogP) is 3.86. The molecular formula is C18H20N4S. The summed E-state index contributed by atoms with van der Waals surface area (Å²) < 4.78 is 4.34. The maximum atomic E-state index is 4.82. The minimum atomic E-state index is 0.834. The highest BCUT2D eigenvalue weighted by atomic mass is 32.1. The topological polar surface area (TPSA) is 34.6 Å². The van der Waals surface area contributed by atoms with E-state index in [0.29, 0.717) is 0 Å². The molecular weight excluding hydrogens is 304 g/mol. The van der Waals surface area contributed by atoms with Crippen LogP contribution < -0.4 is 10.4 Å². The van der Waals surface area contributed by atoms with Gasteiger partial charge in [-0.15, -0.1) is 0 Å². The first-order valence-corrected chi connectivity index (χ1v) is 8.59. The number of rotatable bonds is 4. The van der Waals surface area contributed by atoms with Crippen molar-refractivity contribution in [2.45, 2.75) is 26.9 Å². The van der Waals surface area contributed by atoms with Crippen LogP contribution in [0, 0.1) is 0 Å². The number of nitrogens with zero attached hydrogens (tertiary/aromatic N) is 4. The van der Waals surface area contributed by atoms with Crippen LogP contribution >= 0.6 is 11.5 Å². The highest BCUT2D eigenvalue weighted by Gasteiger charge is 2.05. The van der Waals surface area contributed by atoms with E-state index in [1.165, 1.54) is 0 Å². The van der Waals surface area contributed by atoms with Crippen molar-refractivity contribution in [3.63, 3.8) is 0 Å². The van der Waals surface area contributed by atoms with Gasteiger partial charge in [0, 0.05) is 13.1 Å². The van der Waals surface area contributed by atoms with Gasteiger partial charge in [-0.1, -0.05) is 36.4 Å². The Balaban J connectivity index is 2.21. The summed E-state index contributed by atoms with van der Waals surface area (Å²) in [5.41, 5.74) is 2.87. The maximum absolute atomic E-state index is 4.82. The van der Waals surface area contributed by atoms with Crippen molar-refractivity contribution in [3.05, 3.63) is 71.1 Å². The fourth-order valence-electron chi connectivity index (χ4n) is 2.32. The molecule has 0 unspecified atom stereocenters. The zero-order valence-corrected chi connectivity index (χ0v) is 14.2. The first-order chi connectivity index (χ1) is 11.3. The van der Waals surface area contributed by atoms with E-state index >= 15 is 0 Å². The molecule has 0 saturated heterocycles. The van der Waals surface area contributed by atoms with E-state index in [2.05, 4.69) is 22.4 Å². The van der Waals surface area contributed by atoms with Gasteiger partial charge in [-0.25, -0.2) is 9.98 Å². The van der Waals surface area contributed by atoms with Gasteiger partial charge in [0.1, 0.15) is 0 Å². The lowest BCUT2D eigenvalue weighted by Crippen LogP contribution is -2.29. The van der Waals surface area contributed by atoms with E-state index in [-0.39, 0.29) is 0 Å². The van der Waals surface area contributed by atoms with E-state index in [9.17, 15) is 0 Å². The van der Waals surface area contributed by atoms with Crippen LogP contribution in [0.3, 0.4) is 0 Å². The van der Waals surface area contributed by atoms with Crippen molar-refractivity contribution in [2.75, 3.05) is 0 Å². The Bertz CT molecular complexity index is 886. The van der Waals surface area contributed by atoms with Crippen LogP contribution in [0.15, 0.2) is 70.6 Å². The van der Waals surface area contributed by atoms with E-state index in [0.717, 1.165) is 34.9 Å². The normalized spacial score (nSPS) is 12.8. The van der Waals surface area contributed by atoms with Crippen LogP contribution in [0.1, 0.15) is 13.8 Å². The lowest BCUT2D eigenvalue weighted by atomic mass is 10.3. The van der Waals surface area contributed by atoms with Gasteiger partial charge in [0.2, 0.25) is 10.4 Å². The Morgan fingerprint density at radius 3 is 1.87 bits per heavy atom. The Morgan fingerprint density at radius 2 is 1.35 bits per heavy atom. The third-order valence-electron chi connectivity index (χ3n) is 3.46. The summed E-state index contributed by atoms with van der Waals surface area (Å²) in [7, 11) is 0. The molecule has 0 aliphatic heterocycles. The van der Waals surface area contributed by atoms with Gasteiger partial charge in [-0.2, -0.15) is 0 Å². The summed E-state index contributed by atoms with van der Waals surface area (Å²) in [5.74, 6) is 0. The van der Waals surface area contributed by atoms with Crippen molar-refractivity contribution in [2.24, 2.45) is 9.98 Å². The Kier molecular flexibility index (Phi) is 4.88. The molecule has 0 N–H and O–H groups in total. The lowest BCUT2D eigenvalue weighted by molar-refractivity contribution is 0.632. The molecule has 1 heterocycles. The highest BCUT2D eigenvalue weighted by Crippen LogP contribution is 2.10. The summed E-state index contributed by atoms with van der Waals surface area (Å²) in [6, 6.07) is 20.1. The summed E-state index contributed by atoms with van der Waals surface area (Å²) in [6.45, 7) is 5.97. The van der Waals surface area contributed by atoms with Crippen LogP contribution in [0.2, 0.25) is 0 Å². The Morgan fingerprint density at radius 1 is 0.783 bits per heavy atom. The first kappa shape index (κ1) is 15.5. The molecule has 0 fully saturated rings. The molecule has 4 nitrogen and oxygen atoms in total. The third-order valence-corrected chi connectivity index (χ3v) is 4.57. The van der Waals surface area contributed by atoms with E-state index in [1.54, 1.807) is 11.5 Å². The highest BCUT2D eigenvalue weighted by molar-refractivity contribution is 7.03. The van der Waals surface area contributed by atoms with Crippen molar-refractivity contribution >= 4 is 22.9 Å². The largest absolute Gasteiger partial charge is 0.286 e. The van der Waals surface area contributed by atoms with Crippen LogP contribution in [-0.2, 0) is 13.1 Å². The molecule has 0 amide bonds. The molecule has 0 saturated carbocycles. The second kappa shape index (κ2) is 7.24. The van der Waals surface area contributed by atoms with Crippen molar-refractivity contribution in [1.29, 1.82) is 0 Å². The zero-order chi connectivity index (χ0) is 16.1. The maximum Gasteiger partial charge on any atom is 0.221 e. The Hall–Kier alpha value is -2.40. The standard InChI is InChI=1S/C18H20N4S/c1-3-21-17(19-15-11-7-5-8-12-15)22(4-2)23-18(21)20-16-13-9-6-10-14-16/h5-14H,3-4H2,1-2H3. The number of hydrogen-bond acceptors (Lipinski definition) is 3. The monoisotopic (exact) mass is 324 g/mol. The SMILES string of the molecule is CCn1sc(=Nc2ccccc2)n(CC)c1=Nc1ccccc1. The van der Waals surface area contributed by atoms with Crippen LogP contribution in [-0.4, -0.2) is 8.52 Å². The zero-order valence-electron chi connectivity index (χ0n) is 13.4. The van der Waals surface area contributed by atoms with Crippen LogP contribution in [0.25, 0.3) is 0 Å². The predicted molar refractivity (Wildman–Crippen MR) is 95.0 cm³/mol. The molecule has 1 aromatic heterocycles. The van der Waals surface area contributed by atoms with E-state index in [4.69, 9.17) is 9.98 Å². The number of hydrogen-bond donors (Lipinski definition) is 0. The van der Waals surface area contributed by atoms with Gasteiger partial charge in [-0.3, -0.25) is 8.52 Å². The quantitative estimate of drug-likeness (QED) is 0.698. The average Bonchev–Trinajstić information content (AvgIpc) is 2.93. The van der Waals surface area contributed by atoms with E-state index < -0.39 is 0 Å². The molecule has 5 heteroatoms. The molecule has 0 bridgehead atoms. The lowest BCUT2D eigenvalue weighted by Gasteiger charge is -2.00. The molecule has 118 valence electrons. The third kappa shape index (κ3) is 3.51. The minimum absolute atomic E-state index is 0.834. The van der Waals surface area contributed by atoms with Gasteiger partial charge < -0.3 is 0 Å². The van der Waals surface area contributed by atoms with Gasteiger partial charge in [0.05, 0.1) is 11.4 Å². The molecule has 0 spiro atoms. The molecule has 0 radical (unpaired) electrons. The van der Waals surface area contributed by atoms with Crippen molar-refractivity contribution in [1.82, 2.24) is 8.52 Å². The van der Waals surface area contributed by atoms with E-state index in [1.807, 2.05) is 60.7 Å². The van der Waals surface area contributed by atoms with Crippen LogP contribution in [0.4, 0.5) is 11.4 Å². The summed E-state index contributed by atoms with van der Waals surface area (Å²) >= 11 is 1.64. The van der Waals surface area contributed by atoms with Gasteiger partial charge in [0.25, 0.3) is 0 Å². The fraction of sp³-hybridized carbons (Fsp3) is 0.222. The summed E-state index contributed by atoms with van der Waals surface area (Å²) in [6.07, 6.45) is 0. The smallest absolute Gasteiger partial charge is 0.221 e. The molecule has 0 aliphatic carbocycles. The van der Waals surface area contributed by atoms with Gasteiger partial charge in [-0.05, 0) is 49.6 Å². The minimum Gasteiger partial charge on any atom is -0.286 e. The summed E-state index contributed by atoms with van der Waals surface area (Å²) in [4.78, 5) is 10.6. The van der Waals surface area contributed by atoms with Gasteiger partial charge >= 0.3 is 0 Å². The summed E-state index contributed by atoms with van der Waals surface area (Å²) in [5, 5.41) is 0. The van der Waals surface area contributed by atoms with Crippen molar-refractivity contribution < 1.29 is 0 Å².